The molecule has 0 unspecified atom stereocenters. The SMILES string of the molecule is COc1ccc(CNc2ccc(F)cc2S(=O)(=O)C(F)(F)F)cc1NC(C)=O. The van der Waals surface area contributed by atoms with Crippen LogP contribution in [0.15, 0.2) is 41.3 Å². The topological polar surface area (TPSA) is 84.5 Å². The molecule has 2 aromatic carbocycles. The number of nitrogens with one attached hydrogen (secondary N) is 2. The number of hydrogen-bond acceptors (Lipinski definition) is 5. The van der Waals surface area contributed by atoms with Crippen LogP contribution in [0.25, 0.3) is 0 Å². The predicted molar refractivity (Wildman–Crippen MR) is 94.3 cm³/mol. The van der Waals surface area contributed by atoms with E-state index in [0.717, 1.165) is 12.1 Å². The summed E-state index contributed by atoms with van der Waals surface area (Å²) < 4.78 is 80.5. The number of halogens is 4. The number of benzene rings is 2. The van der Waals surface area contributed by atoms with Crippen molar-refractivity contribution >= 4 is 27.1 Å². The summed E-state index contributed by atoms with van der Waals surface area (Å²) in [6.45, 7) is 1.19. The highest BCUT2D eigenvalue weighted by Crippen LogP contribution is 2.35. The van der Waals surface area contributed by atoms with Crippen LogP contribution < -0.4 is 15.4 Å². The van der Waals surface area contributed by atoms with Crippen molar-refractivity contribution < 1.29 is 35.5 Å². The van der Waals surface area contributed by atoms with E-state index in [1.807, 2.05) is 0 Å². The van der Waals surface area contributed by atoms with Gasteiger partial charge in [-0.05, 0) is 35.9 Å². The van der Waals surface area contributed by atoms with Gasteiger partial charge in [-0.3, -0.25) is 4.79 Å². The first-order chi connectivity index (χ1) is 13.0. The number of alkyl halides is 3. The van der Waals surface area contributed by atoms with Gasteiger partial charge < -0.3 is 15.4 Å². The van der Waals surface area contributed by atoms with Crippen LogP contribution in [0.2, 0.25) is 0 Å². The van der Waals surface area contributed by atoms with E-state index in [4.69, 9.17) is 4.74 Å². The van der Waals surface area contributed by atoms with Crippen LogP contribution in [0.1, 0.15) is 12.5 Å². The zero-order valence-electron chi connectivity index (χ0n) is 14.7. The zero-order valence-corrected chi connectivity index (χ0v) is 15.5. The molecule has 0 radical (unpaired) electrons. The number of sulfone groups is 1. The van der Waals surface area contributed by atoms with Gasteiger partial charge >= 0.3 is 5.51 Å². The molecule has 2 rings (SSSR count). The standard InChI is InChI=1S/C17H16F4N2O4S/c1-10(24)23-14-7-11(3-6-15(14)27-2)9-22-13-5-4-12(18)8-16(13)28(25,26)17(19,20)21/h3-8,22H,9H2,1-2H3,(H,23,24). The summed E-state index contributed by atoms with van der Waals surface area (Å²) in [5, 5.41) is 5.09. The molecule has 0 aliphatic heterocycles. The number of rotatable bonds is 6. The summed E-state index contributed by atoms with van der Waals surface area (Å²) in [6, 6.07) is 6.66. The fourth-order valence-corrected chi connectivity index (χ4v) is 3.29. The predicted octanol–water partition coefficient (Wildman–Crippen LogP) is 3.70. The number of hydrogen-bond donors (Lipinski definition) is 2. The Bertz CT molecular complexity index is 991. The van der Waals surface area contributed by atoms with Gasteiger partial charge in [0.2, 0.25) is 5.91 Å². The molecule has 0 aromatic heterocycles. The van der Waals surface area contributed by atoms with Gasteiger partial charge in [-0.2, -0.15) is 13.2 Å². The maximum atomic E-state index is 13.4. The van der Waals surface area contributed by atoms with Gasteiger partial charge in [0.25, 0.3) is 9.84 Å². The molecule has 0 spiro atoms. The lowest BCUT2D eigenvalue weighted by atomic mass is 10.1. The van der Waals surface area contributed by atoms with Gasteiger partial charge in [0.15, 0.2) is 0 Å². The molecule has 6 nitrogen and oxygen atoms in total. The fourth-order valence-electron chi connectivity index (χ4n) is 2.34. The molecule has 2 N–H and O–H groups in total. The van der Waals surface area contributed by atoms with E-state index in [1.54, 1.807) is 6.07 Å². The molecule has 152 valence electrons. The second kappa shape index (κ2) is 8.05. The van der Waals surface area contributed by atoms with Crippen LogP contribution in [0.3, 0.4) is 0 Å². The number of anilines is 2. The lowest BCUT2D eigenvalue weighted by Crippen LogP contribution is -2.24. The van der Waals surface area contributed by atoms with Gasteiger partial charge in [-0.1, -0.05) is 6.07 Å². The molecule has 1 amide bonds. The number of ether oxygens (including phenoxy) is 1. The van der Waals surface area contributed by atoms with Gasteiger partial charge in [-0.25, -0.2) is 12.8 Å². The minimum Gasteiger partial charge on any atom is -0.495 e. The summed E-state index contributed by atoms with van der Waals surface area (Å²) in [4.78, 5) is 10.0. The minimum atomic E-state index is -5.75. The largest absolute Gasteiger partial charge is 0.501 e. The molecular weight excluding hydrogens is 404 g/mol. The van der Waals surface area contributed by atoms with E-state index in [9.17, 15) is 30.8 Å². The Labute approximate surface area is 158 Å². The summed E-state index contributed by atoms with van der Waals surface area (Å²) >= 11 is 0. The summed E-state index contributed by atoms with van der Waals surface area (Å²) in [6.07, 6.45) is 0. The van der Waals surface area contributed by atoms with Gasteiger partial charge in [-0.15, -0.1) is 0 Å². The Kier molecular flexibility index (Phi) is 6.17. The second-order valence-corrected chi connectivity index (χ2v) is 7.57. The minimum absolute atomic E-state index is 0.0947. The Balaban J connectivity index is 2.35. The Morgan fingerprint density at radius 3 is 2.36 bits per heavy atom. The molecule has 0 heterocycles. The van der Waals surface area contributed by atoms with E-state index in [-0.39, 0.29) is 12.5 Å². The van der Waals surface area contributed by atoms with Crippen LogP contribution in [-0.4, -0.2) is 26.9 Å². The van der Waals surface area contributed by atoms with E-state index >= 15 is 0 Å². The summed E-state index contributed by atoms with van der Waals surface area (Å²) in [5.74, 6) is -1.12. The number of carbonyl (C=O) groups is 1. The van der Waals surface area contributed by atoms with Gasteiger partial charge in [0.1, 0.15) is 16.5 Å². The normalized spacial score (nSPS) is 11.8. The highest BCUT2D eigenvalue weighted by molar-refractivity contribution is 7.92. The lowest BCUT2D eigenvalue weighted by Gasteiger charge is -2.15. The highest BCUT2D eigenvalue weighted by Gasteiger charge is 2.48. The molecule has 0 saturated carbocycles. The van der Waals surface area contributed by atoms with Gasteiger partial charge in [0, 0.05) is 13.5 Å². The third-order valence-corrected chi connectivity index (χ3v) is 5.12. The first kappa shape index (κ1) is 21.5. The molecule has 0 fully saturated rings. The van der Waals surface area contributed by atoms with Crippen molar-refractivity contribution in [2.75, 3.05) is 17.7 Å². The third kappa shape index (κ3) is 4.71. The van der Waals surface area contributed by atoms with Gasteiger partial charge in [0.05, 0.1) is 18.5 Å². The van der Waals surface area contributed by atoms with Crippen molar-refractivity contribution in [2.45, 2.75) is 23.9 Å². The number of carbonyl (C=O) groups excluding carboxylic acids is 1. The van der Waals surface area contributed by atoms with Crippen molar-refractivity contribution in [3.8, 4) is 5.75 Å². The van der Waals surface area contributed by atoms with Crippen LogP contribution in [0.5, 0.6) is 5.75 Å². The van der Waals surface area contributed by atoms with Crippen molar-refractivity contribution in [1.82, 2.24) is 0 Å². The highest BCUT2D eigenvalue weighted by atomic mass is 32.2. The van der Waals surface area contributed by atoms with Crippen LogP contribution in [0, 0.1) is 5.82 Å². The molecule has 0 bridgehead atoms. The van der Waals surface area contributed by atoms with E-state index in [0.29, 0.717) is 23.1 Å². The van der Waals surface area contributed by atoms with E-state index in [1.165, 1.54) is 26.2 Å². The average molecular weight is 420 g/mol. The number of amides is 1. The maximum Gasteiger partial charge on any atom is 0.501 e. The van der Waals surface area contributed by atoms with Crippen LogP contribution in [0.4, 0.5) is 28.9 Å². The molecule has 0 aliphatic rings. The van der Waals surface area contributed by atoms with E-state index < -0.39 is 31.7 Å². The Hall–Kier alpha value is -2.82. The summed E-state index contributed by atoms with van der Waals surface area (Å²) in [5.41, 5.74) is -5.15. The fraction of sp³-hybridized carbons (Fsp3) is 0.235. The molecule has 0 aliphatic carbocycles. The second-order valence-electron chi connectivity index (χ2n) is 5.66. The first-order valence-electron chi connectivity index (χ1n) is 7.75. The average Bonchev–Trinajstić information content (AvgIpc) is 2.59. The number of methoxy groups -OCH3 is 1. The van der Waals surface area contributed by atoms with E-state index in [2.05, 4.69) is 10.6 Å². The zero-order chi connectivity index (χ0) is 21.1. The third-order valence-electron chi connectivity index (χ3n) is 3.60. The van der Waals surface area contributed by atoms with Crippen molar-refractivity contribution in [2.24, 2.45) is 0 Å². The summed E-state index contributed by atoms with van der Waals surface area (Å²) in [7, 11) is -4.35. The van der Waals surface area contributed by atoms with Crippen molar-refractivity contribution in [3.05, 3.63) is 47.8 Å². The first-order valence-corrected chi connectivity index (χ1v) is 9.23. The van der Waals surface area contributed by atoms with Crippen molar-refractivity contribution in [3.63, 3.8) is 0 Å². The quantitative estimate of drug-likeness (QED) is 0.697. The molecule has 11 heteroatoms. The molecule has 2 aromatic rings. The van der Waals surface area contributed by atoms with Crippen LogP contribution in [-0.2, 0) is 21.2 Å². The molecular formula is C17H16F4N2O4S. The molecule has 0 saturated heterocycles. The lowest BCUT2D eigenvalue weighted by molar-refractivity contribution is -0.114. The Morgan fingerprint density at radius 2 is 1.79 bits per heavy atom. The Morgan fingerprint density at radius 1 is 1.11 bits per heavy atom. The molecule has 0 atom stereocenters. The molecule has 28 heavy (non-hydrogen) atoms. The van der Waals surface area contributed by atoms with Crippen molar-refractivity contribution in [1.29, 1.82) is 0 Å². The van der Waals surface area contributed by atoms with Crippen LogP contribution >= 0.6 is 0 Å². The monoisotopic (exact) mass is 420 g/mol. The maximum absolute atomic E-state index is 13.4. The smallest absolute Gasteiger partial charge is 0.495 e.